The normalized spacial score (nSPS) is 22.7. The summed E-state index contributed by atoms with van der Waals surface area (Å²) in [7, 11) is 0. The first-order valence-corrected chi connectivity index (χ1v) is 19.7. The van der Waals surface area contributed by atoms with E-state index in [4.69, 9.17) is 9.73 Å². The highest BCUT2D eigenvalue weighted by Crippen LogP contribution is 2.48. The molecule has 0 spiro atoms. The second-order valence-corrected chi connectivity index (χ2v) is 16.2. The number of rotatable bonds is 4. The van der Waals surface area contributed by atoms with Crippen molar-refractivity contribution in [3.63, 3.8) is 0 Å². The van der Waals surface area contributed by atoms with Gasteiger partial charge in [-0.25, -0.2) is 4.99 Å². The molecule has 0 bridgehead atoms. The summed E-state index contributed by atoms with van der Waals surface area (Å²) in [5.41, 5.74) is 7.59. The van der Waals surface area contributed by atoms with Crippen LogP contribution in [-0.4, -0.2) is 18.1 Å². The average Bonchev–Trinajstić information content (AvgIpc) is 3.88. The molecule has 7 aromatic rings. The maximum atomic E-state index is 6.49. The average molecular weight is 698 g/mol. The Kier molecular flexibility index (Phi) is 6.86. The van der Waals surface area contributed by atoms with E-state index in [1.807, 2.05) is 22.7 Å². The number of nitrogens with one attached hydrogen (secondary N) is 2. The molecule has 2 aromatic heterocycles. The van der Waals surface area contributed by atoms with Gasteiger partial charge in [-0.1, -0.05) is 97.1 Å². The lowest BCUT2D eigenvalue weighted by molar-refractivity contribution is 0.194. The number of hydrogen-bond donors (Lipinski definition) is 2. The van der Waals surface area contributed by atoms with Crippen molar-refractivity contribution in [1.82, 2.24) is 10.6 Å². The Morgan fingerprint density at radius 1 is 0.706 bits per heavy atom. The lowest BCUT2D eigenvalue weighted by Crippen LogP contribution is -2.54. The zero-order chi connectivity index (χ0) is 33.5. The fourth-order valence-corrected chi connectivity index (χ4v) is 11.1. The van der Waals surface area contributed by atoms with E-state index in [0.29, 0.717) is 0 Å². The Morgan fingerprint density at radius 2 is 1.59 bits per heavy atom. The van der Waals surface area contributed by atoms with Crippen molar-refractivity contribution in [1.29, 1.82) is 0 Å². The number of benzene rings is 5. The molecule has 4 unspecified atom stereocenters. The summed E-state index contributed by atoms with van der Waals surface area (Å²) in [5.74, 6) is 2.22. The predicted molar refractivity (Wildman–Crippen MR) is 215 cm³/mol. The summed E-state index contributed by atoms with van der Waals surface area (Å²) in [4.78, 5) is 5.33. The van der Waals surface area contributed by atoms with Gasteiger partial charge in [0.25, 0.3) is 0 Å². The van der Waals surface area contributed by atoms with E-state index in [0.717, 1.165) is 37.3 Å². The number of allylic oxidation sites excluding steroid dienone is 3. The number of para-hydroxylation sites is 1. The molecule has 51 heavy (non-hydrogen) atoms. The Labute approximate surface area is 304 Å². The van der Waals surface area contributed by atoms with Crippen molar-refractivity contribution >= 4 is 68.9 Å². The second kappa shape index (κ2) is 11.8. The summed E-state index contributed by atoms with van der Waals surface area (Å²) in [6, 6.07) is 38.0. The topological polar surface area (TPSA) is 45.7 Å². The van der Waals surface area contributed by atoms with Crippen molar-refractivity contribution in [2.24, 2.45) is 4.99 Å². The zero-order valence-electron chi connectivity index (χ0n) is 27.9. The van der Waals surface area contributed by atoms with Crippen LogP contribution in [0.4, 0.5) is 0 Å². The molecule has 11 rings (SSSR count). The van der Waals surface area contributed by atoms with E-state index < -0.39 is 0 Å². The third-order valence-corrected chi connectivity index (χ3v) is 13.4. The van der Waals surface area contributed by atoms with Crippen LogP contribution in [-0.2, 0) is 0 Å². The maximum Gasteiger partial charge on any atom is 0.131 e. The van der Waals surface area contributed by atoms with Gasteiger partial charge in [0.2, 0.25) is 0 Å². The SMILES string of the molecule is C1=CC(C2=NC(c3ccc4c(c3)sc3ccc(-c5cccc6c5sc5ccccc56)cc34)NC(C3=CCCC4Oc5ccccc5C34)N2)=CCC1. The molecule has 2 aliphatic carbocycles. The number of hydrogen-bond acceptors (Lipinski definition) is 6. The number of nitrogens with zero attached hydrogens (tertiary/aromatic N) is 1. The van der Waals surface area contributed by atoms with Crippen molar-refractivity contribution in [2.75, 3.05) is 0 Å². The van der Waals surface area contributed by atoms with Gasteiger partial charge >= 0.3 is 0 Å². The molecule has 0 amide bonds. The molecule has 4 atom stereocenters. The lowest BCUT2D eigenvalue weighted by atomic mass is 9.80. The molecule has 5 aromatic carbocycles. The standard InChI is InChI=1S/C45H35N3OS2/c1-2-10-26(11-3-1)43-46-44(48-45(47-43)34-16-9-18-37-41(34)33-13-4-6-17-36(33)49-37)28-20-22-31-35-24-27(21-23-39(35)50-40(31)25-28)29-14-8-15-32-30-12-5-7-19-38(30)51-42(29)32/h2,4-8,10-17,19-25,37,41,44-45,48H,1,3,9,18H2,(H,46,47). The van der Waals surface area contributed by atoms with Gasteiger partial charge < -0.3 is 10.1 Å². The molecule has 2 N–H and O–H groups in total. The van der Waals surface area contributed by atoms with Crippen LogP contribution in [0.1, 0.15) is 48.9 Å². The first-order chi connectivity index (χ1) is 25.2. The summed E-state index contributed by atoms with van der Waals surface area (Å²) >= 11 is 3.77. The third-order valence-electron chi connectivity index (χ3n) is 11.1. The van der Waals surface area contributed by atoms with Crippen LogP contribution in [0.25, 0.3) is 51.5 Å². The van der Waals surface area contributed by atoms with Crippen LogP contribution in [0, 0.1) is 0 Å². The molecular weight excluding hydrogens is 663 g/mol. The summed E-state index contributed by atoms with van der Waals surface area (Å²) in [5, 5.41) is 13.1. The van der Waals surface area contributed by atoms with E-state index in [1.54, 1.807) is 0 Å². The predicted octanol–water partition coefficient (Wildman–Crippen LogP) is 11.5. The van der Waals surface area contributed by atoms with Crippen LogP contribution in [0.2, 0.25) is 0 Å². The van der Waals surface area contributed by atoms with Crippen LogP contribution in [0.3, 0.4) is 0 Å². The van der Waals surface area contributed by atoms with E-state index >= 15 is 0 Å². The fraction of sp³-hybridized carbons (Fsp3) is 0.178. The van der Waals surface area contributed by atoms with Crippen molar-refractivity contribution in [2.45, 2.75) is 50.0 Å². The quantitative estimate of drug-likeness (QED) is 0.180. The van der Waals surface area contributed by atoms with Gasteiger partial charge in [0, 0.05) is 57.4 Å². The Balaban J connectivity index is 0.978. The van der Waals surface area contributed by atoms with Gasteiger partial charge in [-0.05, 0) is 78.3 Å². The maximum absolute atomic E-state index is 6.49. The summed E-state index contributed by atoms with van der Waals surface area (Å²) < 4.78 is 11.8. The molecular formula is C45H35N3OS2. The molecule has 0 saturated heterocycles. The van der Waals surface area contributed by atoms with Crippen molar-refractivity contribution in [3.8, 4) is 16.9 Å². The highest BCUT2D eigenvalue weighted by atomic mass is 32.1. The van der Waals surface area contributed by atoms with Gasteiger partial charge in [-0.3, -0.25) is 5.32 Å². The summed E-state index contributed by atoms with van der Waals surface area (Å²) in [6.45, 7) is 0. The zero-order valence-corrected chi connectivity index (χ0v) is 29.6. The van der Waals surface area contributed by atoms with Crippen molar-refractivity contribution in [3.05, 3.63) is 150 Å². The van der Waals surface area contributed by atoms with Crippen LogP contribution in [0.15, 0.2) is 144 Å². The van der Waals surface area contributed by atoms with E-state index in [9.17, 15) is 0 Å². The van der Waals surface area contributed by atoms with Gasteiger partial charge in [-0.15, -0.1) is 22.7 Å². The number of amidine groups is 1. The second-order valence-electron chi connectivity index (χ2n) is 14.1. The third kappa shape index (κ3) is 4.85. The molecule has 0 radical (unpaired) electrons. The largest absolute Gasteiger partial charge is 0.489 e. The first kappa shape index (κ1) is 29.7. The first-order valence-electron chi connectivity index (χ1n) is 18.0. The molecule has 248 valence electrons. The van der Waals surface area contributed by atoms with E-state index in [-0.39, 0.29) is 24.4 Å². The minimum absolute atomic E-state index is 0.0569. The Morgan fingerprint density at radius 3 is 2.55 bits per heavy atom. The van der Waals surface area contributed by atoms with Crippen molar-refractivity contribution < 1.29 is 4.74 Å². The lowest BCUT2D eigenvalue weighted by Gasteiger charge is -2.38. The minimum atomic E-state index is -0.183. The Hall–Kier alpha value is -5.01. The Bertz CT molecular complexity index is 2680. The molecule has 4 aliphatic rings. The monoisotopic (exact) mass is 697 g/mol. The highest BCUT2D eigenvalue weighted by Gasteiger charge is 2.42. The van der Waals surface area contributed by atoms with E-state index in [2.05, 4.69) is 138 Å². The van der Waals surface area contributed by atoms with Gasteiger partial charge in [-0.2, -0.15) is 0 Å². The van der Waals surface area contributed by atoms with Crippen LogP contribution < -0.4 is 15.4 Å². The highest BCUT2D eigenvalue weighted by molar-refractivity contribution is 7.26. The number of aliphatic imine (C=N–C) groups is 1. The number of thiophene rings is 2. The number of fused-ring (bicyclic) bond motifs is 9. The number of ether oxygens (including phenoxy) is 1. The fourth-order valence-electron chi connectivity index (χ4n) is 8.68. The molecule has 0 saturated carbocycles. The van der Waals surface area contributed by atoms with Gasteiger partial charge in [0.1, 0.15) is 30.0 Å². The molecule has 6 heteroatoms. The summed E-state index contributed by atoms with van der Waals surface area (Å²) in [6.07, 6.45) is 13.4. The van der Waals surface area contributed by atoms with Crippen LogP contribution >= 0.6 is 22.7 Å². The molecule has 2 aliphatic heterocycles. The van der Waals surface area contributed by atoms with Crippen LogP contribution in [0.5, 0.6) is 5.75 Å². The minimum Gasteiger partial charge on any atom is -0.489 e. The van der Waals surface area contributed by atoms with E-state index in [1.165, 1.54) is 73.7 Å². The molecule has 4 nitrogen and oxygen atoms in total. The smallest absolute Gasteiger partial charge is 0.131 e. The van der Waals surface area contributed by atoms with Gasteiger partial charge in [0.15, 0.2) is 0 Å². The molecule has 0 fully saturated rings. The van der Waals surface area contributed by atoms with Gasteiger partial charge in [0.05, 0.1) is 0 Å². The molecule has 4 heterocycles.